The number of β-amino-alcohol motifs (C(OH)–C–C–N with tert-alkyl or cyclic N) is 1. The zero-order valence-electron chi connectivity index (χ0n) is 9.66. The zero-order chi connectivity index (χ0) is 10.6. The van der Waals surface area contributed by atoms with Crippen LogP contribution in [0.3, 0.4) is 0 Å². The van der Waals surface area contributed by atoms with Crippen LogP contribution in [0.15, 0.2) is 0 Å². The van der Waals surface area contributed by atoms with Crippen LogP contribution >= 0.6 is 0 Å². The number of aliphatic hydroxyl groups excluding tert-OH is 1. The topological polar surface area (TPSA) is 35.5 Å². The molecule has 14 heavy (non-hydrogen) atoms. The monoisotopic (exact) mass is 200 g/mol. The van der Waals surface area contributed by atoms with Gasteiger partial charge in [-0.15, -0.1) is 0 Å². The Morgan fingerprint density at radius 2 is 2.21 bits per heavy atom. The third-order valence-electron chi connectivity index (χ3n) is 3.16. The van der Waals surface area contributed by atoms with E-state index in [0.29, 0.717) is 6.54 Å². The van der Waals surface area contributed by atoms with Crippen molar-refractivity contribution in [2.75, 3.05) is 33.2 Å². The van der Waals surface area contributed by atoms with Crippen LogP contribution in [0.2, 0.25) is 0 Å². The largest absolute Gasteiger partial charge is 0.390 e. The quantitative estimate of drug-likeness (QED) is 0.680. The first-order valence-electron chi connectivity index (χ1n) is 5.68. The van der Waals surface area contributed by atoms with Crippen LogP contribution < -0.4 is 5.32 Å². The van der Waals surface area contributed by atoms with Crippen LogP contribution in [0.5, 0.6) is 0 Å². The molecule has 0 radical (unpaired) electrons. The van der Waals surface area contributed by atoms with Crippen molar-refractivity contribution in [3.8, 4) is 0 Å². The number of hydrogen-bond acceptors (Lipinski definition) is 3. The van der Waals surface area contributed by atoms with E-state index in [9.17, 15) is 5.11 Å². The van der Waals surface area contributed by atoms with Gasteiger partial charge in [-0.3, -0.25) is 0 Å². The van der Waals surface area contributed by atoms with Gasteiger partial charge in [0.1, 0.15) is 0 Å². The molecule has 0 aromatic rings. The fourth-order valence-corrected chi connectivity index (χ4v) is 2.17. The highest BCUT2D eigenvalue weighted by molar-refractivity contribution is 4.79. The van der Waals surface area contributed by atoms with Crippen molar-refractivity contribution in [1.29, 1.82) is 0 Å². The highest BCUT2D eigenvalue weighted by Crippen LogP contribution is 2.23. The van der Waals surface area contributed by atoms with Crippen LogP contribution in [0.4, 0.5) is 0 Å². The maximum atomic E-state index is 9.63. The van der Waals surface area contributed by atoms with Crippen molar-refractivity contribution in [3.05, 3.63) is 0 Å². The van der Waals surface area contributed by atoms with E-state index in [4.69, 9.17) is 0 Å². The number of likely N-dealkylation sites (tertiary alicyclic amines) is 1. The second-order valence-corrected chi connectivity index (χ2v) is 4.76. The van der Waals surface area contributed by atoms with Crippen molar-refractivity contribution in [1.82, 2.24) is 10.2 Å². The first-order valence-corrected chi connectivity index (χ1v) is 5.68. The van der Waals surface area contributed by atoms with Gasteiger partial charge in [0.15, 0.2) is 0 Å². The molecule has 0 spiro atoms. The van der Waals surface area contributed by atoms with Crippen LogP contribution in [-0.4, -0.2) is 49.3 Å². The third kappa shape index (κ3) is 3.56. The molecule has 0 aromatic carbocycles. The highest BCUT2D eigenvalue weighted by Gasteiger charge is 2.25. The zero-order valence-corrected chi connectivity index (χ0v) is 9.66. The summed E-state index contributed by atoms with van der Waals surface area (Å²) in [5, 5.41) is 12.6. The van der Waals surface area contributed by atoms with E-state index in [1.54, 1.807) is 0 Å². The lowest BCUT2D eigenvalue weighted by atomic mass is 9.95. The van der Waals surface area contributed by atoms with Gasteiger partial charge in [-0.25, -0.2) is 0 Å². The number of hydrogen-bond donors (Lipinski definition) is 2. The normalized spacial score (nSPS) is 25.9. The summed E-state index contributed by atoms with van der Waals surface area (Å²) in [7, 11) is 1.88. The summed E-state index contributed by atoms with van der Waals surface area (Å²) < 4.78 is 0. The molecule has 1 fully saturated rings. The Bertz CT molecular complexity index is 161. The number of nitrogens with one attached hydrogen (secondary N) is 1. The predicted octanol–water partition coefficient (Wildman–Crippen LogP) is 0.545. The van der Waals surface area contributed by atoms with Gasteiger partial charge < -0.3 is 15.3 Å². The van der Waals surface area contributed by atoms with Crippen molar-refractivity contribution >= 4 is 0 Å². The minimum Gasteiger partial charge on any atom is -0.390 e. The van der Waals surface area contributed by atoms with Gasteiger partial charge in [0.2, 0.25) is 0 Å². The smallest absolute Gasteiger partial charge is 0.0791 e. The van der Waals surface area contributed by atoms with Crippen LogP contribution in [-0.2, 0) is 0 Å². The molecule has 84 valence electrons. The van der Waals surface area contributed by atoms with Gasteiger partial charge >= 0.3 is 0 Å². The van der Waals surface area contributed by atoms with Crippen LogP contribution in [0.25, 0.3) is 0 Å². The van der Waals surface area contributed by atoms with Gasteiger partial charge in [-0.05, 0) is 31.8 Å². The number of aliphatic hydroxyl groups is 1. The van der Waals surface area contributed by atoms with Gasteiger partial charge in [-0.1, -0.05) is 13.8 Å². The lowest BCUT2D eigenvalue weighted by molar-refractivity contribution is 0.122. The number of likely N-dealkylation sites (N-methyl/N-ethyl adjacent to an activating group) is 1. The Morgan fingerprint density at radius 1 is 1.50 bits per heavy atom. The van der Waals surface area contributed by atoms with Gasteiger partial charge in [0.25, 0.3) is 0 Å². The third-order valence-corrected chi connectivity index (χ3v) is 3.16. The summed E-state index contributed by atoms with van der Waals surface area (Å²) >= 11 is 0. The van der Waals surface area contributed by atoms with Crippen LogP contribution in [0, 0.1) is 11.8 Å². The van der Waals surface area contributed by atoms with E-state index in [2.05, 4.69) is 24.1 Å². The Morgan fingerprint density at radius 3 is 2.71 bits per heavy atom. The Labute approximate surface area is 87.5 Å². The summed E-state index contributed by atoms with van der Waals surface area (Å²) in [5.74, 6) is 1.61. The van der Waals surface area contributed by atoms with Crippen molar-refractivity contribution in [2.24, 2.45) is 11.8 Å². The lowest BCUT2D eigenvalue weighted by Gasteiger charge is -2.20. The first kappa shape index (κ1) is 12.0. The second kappa shape index (κ2) is 5.69. The lowest BCUT2D eigenvalue weighted by Crippen LogP contribution is -2.36. The molecule has 0 saturated carbocycles. The number of rotatable bonds is 5. The Kier molecular flexibility index (Phi) is 4.85. The summed E-state index contributed by atoms with van der Waals surface area (Å²) in [6.45, 7) is 8.42. The average molecular weight is 200 g/mol. The summed E-state index contributed by atoms with van der Waals surface area (Å²) in [6, 6.07) is 0. The van der Waals surface area contributed by atoms with Crippen molar-refractivity contribution in [2.45, 2.75) is 26.4 Å². The highest BCUT2D eigenvalue weighted by atomic mass is 16.3. The molecule has 1 heterocycles. The molecule has 1 saturated heterocycles. The van der Waals surface area contributed by atoms with Gasteiger partial charge in [0, 0.05) is 19.6 Å². The predicted molar refractivity (Wildman–Crippen MR) is 59.3 cm³/mol. The molecule has 0 bridgehead atoms. The SMILES string of the molecule is CNCC(O)CN1CCC(C(C)C)C1. The first-order chi connectivity index (χ1) is 6.63. The molecular formula is C11H24N2O. The summed E-state index contributed by atoms with van der Waals surface area (Å²) in [4.78, 5) is 2.38. The Balaban J connectivity index is 2.21. The standard InChI is InChI=1S/C11H24N2O/c1-9(2)10-4-5-13(7-10)8-11(14)6-12-3/h9-12,14H,4-8H2,1-3H3. The average Bonchev–Trinajstić information content (AvgIpc) is 2.53. The summed E-state index contributed by atoms with van der Waals surface area (Å²) in [6.07, 6.45) is 1.08. The molecule has 1 rings (SSSR count). The Hall–Kier alpha value is -0.120. The maximum absolute atomic E-state index is 9.63. The van der Waals surface area contributed by atoms with E-state index in [1.165, 1.54) is 13.0 Å². The molecule has 1 aliphatic rings. The molecule has 1 aliphatic heterocycles. The molecule has 2 atom stereocenters. The molecule has 2 N–H and O–H groups in total. The van der Waals surface area contributed by atoms with Gasteiger partial charge in [-0.2, -0.15) is 0 Å². The number of nitrogens with zero attached hydrogens (tertiary/aromatic N) is 1. The van der Waals surface area contributed by atoms with Gasteiger partial charge in [0.05, 0.1) is 6.10 Å². The maximum Gasteiger partial charge on any atom is 0.0791 e. The molecule has 0 amide bonds. The molecular weight excluding hydrogens is 176 g/mol. The minimum absolute atomic E-state index is 0.217. The van der Waals surface area contributed by atoms with E-state index in [-0.39, 0.29) is 6.10 Å². The fourth-order valence-electron chi connectivity index (χ4n) is 2.17. The second-order valence-electron chi connectivity index (χ2n) is 4.76. The van der Waals surface area contributed by atoms with Crippen molar-refractivity contribution in [3.63, 3.8) is 0 Å². The molecule has 3 nitrogen and oxygen atoms in total. The molecule has 0 aliphatic carbocycles. The van der Waals surface area contributed by atoms with E-state index in [0.717, 1.165) is 24.9 Å². The van der Waals surface area contributed by atoms with Crippen LogP contribution in [0.1, 0.15) is 20.3 Å². The molecule has 3 heteroatoms. The molecule has 2 unspecified atom stereocenters. The molecule has 0 aromatic heterocycles. The van der Waals surface area contributed by atoms with E-state index < -0.39 is 0 Å². The van der Waals surface area contributed by atoms with E-state index >= 15 is 0 Å². The summed E-state index contributed by atoms with van der Waals surface area (Å²) in [5.41, 5.74) is 0. The minimum atomic E-state index is -0.217. The van der Waals surface area contributed by atoms with Crippen molar-refractivity contribution < 1.29 is 5.11 Å². The van der Waals surface area contributed by atoms with E-state index in [1.807, 2.05) is 7.05 Å². The fraction of sp³-hybridized carbons (Fsp3) is 1.00.